The standard InChI is InChI=1S/C28H24FN3O5.C5H10O.CH3I/c1-35-24-15-21-22(16-25(24)36-2)30-14-11-23(21)37-20-9-7-19(8-10-20)32-27(34)28(12-13-28)26(33)31-18-5-3-17(29)4-6-18;1-3-4-5(2)6;1-2/h3-11,14-16H,12-13H2,1-2H3,(H,31,33)(H,32,34);3-4H2,1-2H3;1H3. The molecule has 11 heteroatoms. The van der Waals surface area contributed by atoms with Crippen LogP contribution in [0.4, 0.5) is 15.8 Å². The fraction of sp³-hybridized carbons (Fsp3) is 0.294. The van der Waals surface area contributed by atoms with Gasteiger partial charge in [0, 0.05) is 35.4 Å². The number of ketones is 1. The first kappa shape index (κ1) is 35.2. The van der Waals surface area contributed by atoms with Crippen LogP contribution in [0.15, 0.2) is 72.9 Å². The molecule has 1 fully saturated rings. The van der Waals surface area contributed by atoms with E-state index in [4.69, 9.17) is 14.2 Å². The summed E-state index contributed by atoms with van der Waals surface area (Å²) in [4.78, 5) is 42.1. The third kappa shape index (κ3) is 9.37. The van der Waals surface area contributed by atoms with Gasteiger partial charge in [-0.25, -0.2) is 4.39 Å². The Labute approximate surface area is 276 Å². The molecule has 3 aromatic carbocycles. The highest BCUT2D eigenvalue weighted by Crippen LogP contribution is 2.47. The van der Waals surface area contributed by atoms with E-state index in [9.17, 15) is 18.8 Å². The molecule has 238 valence electrons. The number of alkyl halides is 1. The van der Waals surface area contributed by atoms with Crippen molar-refractivity contribution in [3.05, 3.63) is 78.7 Å². The maximum absolute atomic E-state index is 13.1. The summed E-state index contributed by atoms with van der Waals surface area (Å²) in [5, 5.41) is 6.26. The van der Waals surface area contributed by atoms with Crippen molar-refractivity contribution in [2.75, 3.05) is 29.8 Å². The van der Waals surface area contributed by atoms with Crippen molar-refractivity contribution in [2.24, 2.45) is 5.41 Å². The van der Waals surface area contributed by atoms with Gasteiger partial charge in [-0.15, -0.1) is 0 Å². The lowest BCUT2D eigenvalue weighted by molar-refractivity contribution is -0.131. The number of rotatable bonds is 10. The number of benzene rings is 3. The van der Waals surface area contributed by atoms with Crippen molar-refractivity contribution in [1.29, 1.82) is 0 Å². The largest absolute Gasteiger partial charge is 0.493 e. The van der Waals surface area contributed by atoms with Gasteiger partial charge in [0.1, 0.15) is 28.5 Å². The lowest BCUT2D eigenvalue weighted by Gasteiger charge is -2.16. The minimum absolute atomic E-state index is 0.289. The lowest BCUT2D eigenvalue weighted by Crippen LogP contribution is -2.35. The van der Waals surface area contributed by atoms with E-state index in [0.717, 1.165) is 18.2 Å². The average molecular weight is 730 g/mol. The highest BCUT2D eigenvalue weighted by atomic mass is 127. The van der Waals surface area contributed by atoms with Crippen LogP contribution in [0.3, 0.4) is 0 Å². The molecule has 9 nitrogen and oxygen atoms in total. The number of anilines is 2. The molecular formula is C34H37FIN3O6. The molecule has 1 heterocycles. The number of halogens is 2. The van der Waals surface area contributed by atoms with E-state index in [1.54, 1.807) is 69.8 Å². The van der Waals surface area contributed by atoms with Gasteiger partial charge in [0.25, 0.3) is 0 Å². The summed E-state index contributed by atoms with van der Waals surface area (Å²) in [5.41, 5.74) is 0.517. The zero-order valence-corrected chi connectivity index (χ0v) is 28.1. The van der Waals surface area contributed by atoms with Crippen LogP contribution in [0.2, 0.25) is 0 Å². The second kappa shape index (κ2) is 16.7. The number of carbonyl (C=O) groups excluding carboxylic acids is 3. The summed E-state index contributed by atoms with van der Waals surface area (Å²) in [6, 6.07) is 17.6. The summed E-state index contributed by atoms with van der Waals surface area (Å²) in [7, 11) is 3.12. The molecule has 0 unspecified atom stereocenters. The molecule has 4 aromatic rings. The van der Waals surface area contributed by atoms with Crippen molar-refractivity contribution in [3.8, 4) is 23.0 Å². The Kier molecular flexibility index (Phi) is 13.1. The third-order valence-electron chi connectivity index (χ3n) is 6.87. The number of aromatic nitrogens is 1. The Hall–Kier alpha value is -4.26. The molecule has 0 radical (unpaired) electrons. The number of amides is 2. The van der Waals surface area contributed by atoms with Crippen LogP contribution in [-0.4, -0.2) is 41.7 Å². The van der Waals surface area contributed by atoms with Crippen LogP contribution in [0, 0.1) is 11.2 Å². The van der Waals surface area contributed by atoms with Crippen molar-refractivity contribution < 1.29 is 33.0 Å². The Bertz CT molecular complexity index is 1610. The van der Waals surface area contributed by atoms with Crippen LogP contribution < -0.4 is 24.8 Å². The summed E-state index contributed by atoms with van der Waals surface area (Å²) in [6.07, 6.45) is 4.24. The molecule has 0 aliphatic heterocycles. The molecule has 0 spiro atoms. The number of carbonyl (C=O) groups is 3. The van der Waals surface area contributed by atoms with Crippen molar-refractivity contribution in [1.82, 2.24) is 4.98 Å². The van der Waals surface area contributed by atoms with E-state index in [2.05, 4.69) is 38.2 Å². The average Bonchev–Trinajstić information content (AvgIpc) is 3.86. The number of fused-ring (bicyclic) bond motifs is 1. The monoisotopic (exact) mass is 729 g/mol. The molecule has 2 N–H and O–H groups in total. The van der Waals surface area contributed by atoms with E-state index in [1.807, 2.05) is 11.9 Å². The van der Waals surface area contributed by atoms with Gasteiger partial charge in [-0.3, -0.25) is 14.6 Å². The van der Waals surface area contributed by atoms with Gasteiger partial charge in [-0.2, -0.15) is 0 Å². The topological polar surface area (TPSA) is 116 Å². The SMILES string of the molecule is CCCC(C)=O.CI.COc1cc2nccc(Oc3ccc(NC(=O)C4(C(=O)Nc5ccc(F)cc5)CC4)cc3)c2cc1OC. The van der Waals surface area contributed by atoms with Crippen LogP contribution in [-0.2, 0) is 14.4 Å². The van der Waals surface area contributed by atoms with Gasteiger partial charge in [-0.1, -0.05) is 29.5 Å². The predicted octanol–water partition coefficient (Wildman–Crippen LogP) is 7.97. The Morgan fingerprint density at radius 3 is 1.84 bits per heavy atom. The highest BCUT2D eigenvalue weighted by molar-refractivity contribution is 14.1. The third-order valence-corrected chi connectivity index (χ3v) is 6.87. The summed E-state index contributed by atoms with van der Waals surface area (Å²) in [5.74, 6) is 1.35. The quantitative estimate of drug-likeness (QED) is 0.0967. The van der Waals surface area contributed by atoms with Crippen molar-refractivity contribution >= 4 is 62.5 Å². The molecule has 1 aromatic heterocycles. The fourth-order valence-corrected chi connectivity index (χ4v) is 4.34. The molecule has 5 rings (SSSR count). The Morgan fingerprint density at radius 1 is 0.844 bits per heavy atom. The molecule has 1 saturated carbocycles. The molecule has 45 heavy (non-hydrogen) atoms. The first-order valence-electron chi connectivity index (χ1n) is 14.2. The highest BCUT2D eigenvalue weighted by Gasteiger charge is 2.56. The van der Waals surface area contributed by atoms with Crippen LogP contribution in [0.1, 0.15) is 39.5 Å². The molecule has 2 amide bonds. The van der Waals surface area contributed by atoms with Crippen LogP contribution in [0.25, 0.3) is 10.9 Å². The van der Waals surface area contributed by atoms with Gasteiger partial charge in [0.15, 0.2) is 11.5 Å². The summed E-state index contributed by atoms with van der Waals surface area (Å²) >= 11 is 2.15. The molecule has 1 aliphatic carbocycles. The van der Waals surface area contributed by atoms with Crippen LogP contribution >= 0.6 is 22.6 Å². The van der Waals surface area contributed by atoms with E-state index >= 15 is 0 Å². The first-order valence-corrected chi connectivity index (χ1v) is 16.4. The smallest absolute Gasteiger partial charge is 0.240 e. The molecule has 0 bridgehead atoms. The zero-order chi connectivity index (χ0) is 33.0. The number of nitrogens with zero attached hydrogens (tertiary/aromatic N) is 1. The molecule has 0 saturated heterocycles. The second-order valence-electron chi connectivity index (χ2n) is 10.1. The summed E-state index contributed by atoms with van der Waals surface area (Å²) < 4.78 is 29.9. The normalized spacial score (nSPS) is 12.3. The minimum Gasteiger partial charge on any atom is -0.493 e. The van der Waals surface area contributed by atoms with Gasteiger partial charge in [-0.05, 0) is 91.8 Å². The maximum Gasteiger partial charge on any atom is 0.240 e. The Balaban J connectivity index is 0.000000620. The van der Waals surface area contributed by atoms with Gasteiger partial charge >= 0.3 is 0 Å². The number of pyridine rings is 1. The molecular weight excluding hydrogens is 692 g/mol. The zero-order valence-electron chi connectivity index (χ0n) is 25.9. The lowest BCUT2D eigenvalue weighted by atomic mass is 10.0. The summed E-state index contributed by atoms with van der Waals surface area (Å²) in [6.45, 7) is 3.62. The fourth-order valence-electron chi connectivity index (χ4n) is 4.34. The minimum atomic E-state index is -1.14. The molecule has 0 atom stereocenters. The molecule has 1 aliphatic rings. The number of hydrogen-bond donors (Lipinski definition) is 2. The van der Waals surface area contributed by atoms with E-state index in [-0.39, 0.29) is 11.7 Å². The van der Waals surface area contributed by atoms with Gasteiger partial charge < -0.3 is 29.6 Å². The number of Topliss-reactive ketones (excluding diaryl/α,β-unsaturated/α-hetero) is 1. The van der Waals surface area contributed by atoms with Crippen molar-refractivity contribution in [2.45, 2.75) is 39.5 Å². The van der Waals surface area contributed by atoms with Gasteiger partial charge in [0.2, 0.25) is 11.8 Å². The Morgan fingerprint density at radius 2 is 1.38 bits per heavy atom. The number of ether oxygens (including phenoxy) is 3. The number of methoxy groups -OCH3 is 2. The van der Waals surface area contributed by atoms with Crippen LogP contribution in [0.5, 0.6) is 23.0 Å². The van der Waals surface area contributed by atoms with E-state index < -0.39 is 17.1 Å². The first-order chi connectivity index (χ1) is 21.7. The van der Waals surface area contributed by atoms with Crippen molar-refractivity contribution in [3.63, 3.8) is 0 Å². The van der Waals surface area contributed by atoms with E-state index in [1.165, 1.54) is 24.3 Å². The predicted molar refractivity (Wildman–Crippen MR) is 182 cm³/mol. The number of hydrogen-bond acceptors (Lipinski definition) is 7. The second-order valence-corrected chi connectivity index (χ2v) is 10.1. The maximum atomic E-state index is 13.1. The number of nitrogens with one attached hydrogen (secondary N) is 2. The van der Waals surface area contributed by atoms with E-state index in [0.29, 0.717) is 52.7 Å². The van der Waals surface area contributed by atoms with Gasteiger partial charge in [0.05, 0.1) is 19.7 Å².